The van der Waals surface area contributed by atoms with Crippen LogP contribution < -0.4 is 0 Å². The molecule has 0 aliphatic carbocycles. The van der Waals surface area contributed by atoms with Crippen molar-refractivity contribution in [2.24, 2.45) is 0 Å². The van der Waals surface area contributed by atoms with Crippen molar-refractivity contribution < 1.29 is 0 Å². The van der Waals surface area contributed by atoms with Crippen molar-refractivity contribution in [1.29, 1.82) is 0 Å². The zero-order chi connectivity index (χ0) is 14.7. The number of aromatic nitrogens is 4. The first-order valence-corrected chi connectivity index (χ1v) is 8.65. The number of nitrogens with zero attached hydrogens (tertiary/aromatic N) is 5. The van der Waals surface area contributed by atoms with Gasteiger partial charge in [-0.1, -0.05) is 6.92 Å². The molecule has 2 aromatic heterocycles. The second-order valence-corrected chi connectivity index (χ2v) is 6.76. The Bertz CT molecular complexity index is 576. The number of hydrogen-bond donors (Lipinski definition) is 0. The van der Waals surface area contributed by atoms with Crippen molar-refractivity contribution in [2.75, 3.05) is 13.1 Å². The Morgan fingerprint density at radius 1 is 1.43 bits per heavy atom. The Balaban J connectivity index is 1.68. The van der Waals surface area contributed by atoms with Gasteiger partial charge in [0.15, 0.2) is 0 Å². The molecule has 0 aromatic carbocycles. The van der Waals surface area contributed by atoms with Gasteiger partial charge in [0.05, 0.1) is 11.2 Å². The van der Waals surface area contributed by atoms with Crippen LogP contribution in [0.5, 0.6) is 0 Å². The van der Waals surface area contributed by atoms with Crippen LogP contribution in [0.25, 0.3) is 0 Å². The first kappa shape index (κ1) is 14.7. The van der Waals surface area contributed by atoms with Crippen LogP contribution in [-0.4, -0.2) is 37.7 Å². The van der Waals surface area contributed by atoms with E-state index in [0.29, 0.717) is 5.92 Å². The van der Waals surface area contributed by atoms with Gasteiger partial charge in [0.1, 0.15) is 12.2 Å². The molecule has 2 aromatic rings. The van der Waals surface area contributed by atoms with E-state index >= 15 is 0 Å². The predicted molar refractivity (Wildman–Crippen MR) is 84.4 cm³/mol. The molecule has 0 spiro atoms. The van der Waals surface area contributed by atoms with Gasteiger partial charge >= 0.3 is 0 Å². The van der Waals surface area contributed by atoms with E-state index in [1.807, 2.05) is 11.8 Å². The van der Waals surface area contributed by atoms with Crippen LogP contribution in [0.15, 0.2) is 11.8 Å². The molecule has 0 unspecified atom stereocenters. The minimum atomic E-state index is 0.515. The summed E-state index contributed by atoms with van der Waals surface area (Å²) in [7, 11) is 0. The lowest BCUT2D eigenvalue weighted by atomic mass is 9.97. The van der Waals surface area contributed by atoms with Crippen LogP contribution in [0.3, 0.4) is 0 Å². The van der Waals surface area contributed by atoms with E-state index in [9.17, 15) is 0 Å². The topological polar surface area (TPSA) is 46.8 Å². The SMILES string of the molecule is CCCn1cnnc1[C@H]1CCCN(Cc2scnc2C)C1. The first-order chi connectivity index (χ1) is 10.3. The molecular weight excluding hydrogens is 282 g/mol. The lowest BCUT2D eigenvalue weighted by Gasteiger charge is -2.32. The lowest BCUT2D eigenvalue weighted by molar-refractivity contribution is 0.195. The maximum atomic E-state index is 4.38. The van der Waals surface area contributed by atoms with Gasteiger partial charge < -0.3 is 4.57 Å². The fourth-order valence-corrected chi connectivity index (χ4v) is 3.90. The third-order valence-corrected chi connectivity index (χ3v) is 5.11. The summed E-state index contributed by atoms with van der Waals surface area (Å²) < 4.78 is 2.23. The van der Waals surface area contributed by atoms with Crippen molar-refractivity contribution in [3.05, 3.63) is 28.2 Å². The third-order valence-electron chi connectivity index (χ3n) is 4.19. The molecule has 0 N–H and O–H groups in total. The standard InChI is InChI=1S/C15H23N5S/c1-3-6-20-10-17-18-15(20)13-5-4-7-19(8-13)9-14-12(2)16-11-21-14/h10-11,13H,3-9H2,1-2H3/t13-/m0/s1. The highest BCUT2D eigenvalue weighted by atomic mass is 32.1. The van der Waals surface area contributed by atoms with E-state index < -0.39 is 0 Å². The summed E-state index contributed by atoms with van der Waals surface area (Å²) in [5.41, 5.74) is 3.13. The van der Waals surface area contributed by atoms with Crippen LogP contribution in [0.1, 0.15) is 48.5 Å². The molecule has 3 rings (SSSR count). The highest BCUT2D eigenvalue weighted by Crippen LogP contribution is 2.27. The molecule has 21 heavy (non-hydrogen) atoms. The van der Waals surface area contributed by atoms with Gasteiger partial charge in [-0.15, -0.1) is 21.5 Å². The summed E-state index contributed by atoms with van der Waals surface area (Å²) >= 11 is 1.77. The molecule has 1 atom stereocenters. The van der Waals surface area contributed by atoms with Gasteiger partial charge in [-0.05, 0) is 32.7 Å². The van der Waals surface area contributed by atoms with Crippen molar-refractivity contribution in [1.82, 2.24) is 24.6 Å². The van der Waals surface area contributed by atoms with Gasteiger partial charge in [0, 0.05) is 30.4 Å². The predicted octanol–water partition coefficient (Wildman–Crippen LogP) is 2.83. The fraction of sp³-hybridized carbons (Fsp3) is 0.667. The summed E-state index contributed by atoms with van der Waals surface area (Å²) in [5, 5.41) is 8.50. The van der Waals surface area contributed by atoms with Gasteiger partial charge in [0.2, 0.25) is 0 Å². The van der Waals surface area contributed by atoms with E-state index in [-0.39, 0.29) is 0 Å². The molecule has 1 aliphatic heterocycles. The minimum absolute atomic E-state index is 0.515. The largest absolute Gasteiger partial charge is 0.317 e. The zero-order valence-corrected chi connectivity index (χ0v) is 13.6. The molecule has 6 heteroatoms. The third kappa shape index (κ3) is 3.32. The van der Waals surface area contributed by atoms with Crippen molar-refractivity contribution in [2.45, 2.75) is 52.1 Å². The zero-order valence-electron chi connectivity index (χ0n) is 12.8. The van der Waals surface area contributed by atoms with Crippen LogP contribution in [0.4, 0.5) is 0 Å². The first-order valence-electron chi connectivity index (χ1n) is 7.77. The summed E-state index contributed by atoms with van der Waals surface area (Å²) in [6.45, 7) is 8.60. The highest BCUT2D eigenvalue weighted by molar-refractivity contribution is 7.09. The van der Waals surface area contributed by atoms with E-state index in [1.54, 1.807) is 11.3 Å². The Morgan fingerprint density at radius 2 is 2.33 bits per heavy atom. The van der Waals surface area contributed by atoms with Gasteiger partial charge in [-0.25, -0.2) is 4.98 Å². The Hall–Kier alpha value is -1.27. The van der Waals surface area contributed by atoms with E-state index in [1.165, 1.54) is 35.8 Å². The monoisotopic (exact) mass is 305 g/mol. The maximum Gasteiger partial charge on any atom is 0.137 e. The second-order valence-electron chi connectivity index (χ2n) is 5.82. The van der Waals surface area contributed by atoms with Crippen molar-refractivity contribution >= 4 is 11.3 Å². The van der Waals surface area contributed by atoms with Gasteiger partial charge in [-0.2, -0.15) is 0 Å². The average Bonchev–Trinajstić information content (AvgIpc) is 3.10. The highest BCUT2D eigenvalue weighted by Gasteiger charge is 2.25. The maximum absolute atomic E-state index is 4.38. The Labute approximate surface area is 130 Å². The van der Waals surface area contributed by atoms with Crippen LogP contribution in [-0.2, 0) is 13.1 Å². The molecular formula is C15H23N5S. The normalized spacial score (nSPS) is 20.0. The number of rotatable bonds is 5. The van der Waals surface area contributed by atoms with Crippen molar-refractivity contribution in [3.8, 4) is 0 Å². The van der Waals surface area contributed by atoms with E-state index in [2.05, 4.69) is 38.5 Å². The van der Waals surface area contributed by atoms with E-state index in [0.717, 1.165) is 26.1 Å². The quantitative estimate of drug-likeness (QED) is 0.852. The number of aryl methyl sites for hydroxylation is 2. The molecule has 1 fully saturated rings. The van der Waals surface area contributed by atoms with Crippen LogP contribution in [0, 0.1) is 6.92 Å². The molecule has 0 bridgehead atoms. The van der Waals surface area contributed by atoms with Crippen LogP contribution in [0.2, 0.25) is 0 Å². The van der Waals surface area contributed by atoms with E-state index in [4.69, 9.17) is 0 Å². The fourth-order valence-electron chi connectivity index (χ4n) is 3.08. The number of piperidine rings is 1. The average molecular weight is 305 g/mol. The molecule has 114 valence electrons. The molecule has 1 aliphatic rings. The summed E-state index contributed by atoms with van der Waals surface area (Å²) in [4.78, 5) is 8.29. The smallest absolute Gasteiger partial charge is 0.137 e. The summed E-state index contributed by atoms with van der Waals surface area (Å²) in [5.74, 6) is 1.68. The van der Waals surface area contributed by atoms with Gasteiger partial charge in [0.25, 0.3) is 0 Å². The Morgan fingerprint density at radius 3 is 3.10 bits per heavy atom. The summed E-state index contributed by atoms with van der Waals surface area (Å²) in [6, 6.07) is 0. The molecule has 1 saturated heterocycles. The lowest BCUT2D eigenvalue weighted by Crippen LogP contribution is -2.34. The molecule has 0 amide bonds. The van der Waals surface area contributed by atoms with Crippen molar-refractivity contribution in [3.63, 3.8) is 0 Å². The van der Waals surface area contributed by atoms with Crippen LogP contribution >= 0.6 is 11.3 Å². The number of hydrogen-bond acceptors (Lipinski definition) is 5. The van der Waals surface area contributed by atoms with Gasteiger partial charge in [-0.3, -0.25) is 4.90 Å². The Kier molecular flexibility index (Phi) is 4.65. The molecule has 5 nitrogen and oxygen atoms in total. The second kappa shape index (κ2) is 6.66. The summed E-state index contributed by atoms with van der Waals surface area (Å²) in [6.07, 6.45) is 5.47. The number of thiazole rings is 1. The minimum Gasteiger partial charge on any atom is -0.317 e. The molecule has 0 radical (unpaired) electrons. The molecule has 0 saturated carbocycles. The number of likely N-dealkylation sites (tertiary alicyclic amines) is 1. The molecule has 3 heterocycles.